The summed E-state index contributed by atoms with van der Waals surface area (Å²) in [6.07, 6.45) is -7.71. The van der Waals surface area contributed by atoms with Crippen LogP contribution in [-0.2, 0) is 9.53 Å². The smallest absolute Gasteiger partial charge is 0.332 e. The molecular formula is C16H24O10. The van der Waals surface area contributed by atoms with Crippen LogP contribution in [0.25, 0.3) is 0 Å². The highest BCUT2D eigenvalue weighted by atomic mass is 16.7. The molecule has 0 bridgehead atoms. The van der Waals surface area contributed by atoms with Gasteiger partial charge in [0.1, 0.15) is 24.4 Å². The van der Waals surface area contributed by atoms with E-state index in [4.69, 9.17) is 24.8 Å². The summed E-state index contributed by atoms with van der Waals surface area (Å²) < 4.78 is 10.4. The van der Waals surface area contributed by atoms with Gasteiger partial charge >= 0.3 is 5.97 Å². The summed E-state index contributed by atoms with van der Waals surface area (Å²) in [7, 11) is 0. The summed E-state index contributed by atoms with van der Waals surface area (Å²) in [4.78, 5) is 9.68. The highest BCUT2D eigenvalue weighted by Crippen LogP contribution is 2.29. The quantitative estimate of drug-likeness (QED) is 0.317. The maximum absolute atomic E-state index is 9.75. The van der Waals surface area contributed by atoms with Crippen LogP contribution in [0.2, 0.25) is 0 Å². The average Bonchev–Trinajstić information content (AvgIpc) is 2.63. The van der Waals surface area contributed by atoms with Crippen LogP contribution in [-0.4, -0.2) is 85.1 Å². The summed E-state index contributed by atoms with van der Waals surface area (Å²) in [5, 5.41) is 63.8. The van der Waals surface area contributed by atoms with Crippen molar-refractivity contribution in [1.29, 1.82) is 0 Å². The zero-order chi connectivity index (χ0) is 19.9. The first-order chi connectivity index (χ1) is 12.2. The highest BCUT2D eigenvalue weighted by Gasteiger charge is 2.44. The number of aromatic hydroxyl groups is 1. The van der Waals surface area contributed by atoms with Gasteiger partial charge in [0.2, 0.25) is 6.29 Å². The predicted octanol–water partition coefficient (Wildman–Crippen LogP) is -1.59. The second-order valence-corrected chi connectivity index (χ2v) is 5.55. The van der Waals surface area contributed by atoms with Gasteiger partial charge in [-0.2, -0.15) is 0 Å². The average molecular weight is 376 g/mol. The Morgan fingerprint density at radius 3 is 2.27 bits per heavy atom. The first-order valence-electron chi connectivity index (χ1n) is 7.88. The zero-order valence-corrected chi connectivity index (χ0v) is 14.0. The molecule has 1 aromatic rings. The van der Waals surface area contributed by atoms with Gasteiger partial charge in [0, 0.05) is 0 Å². The number of phenolic OH excluding ortho intramolecular Hbond substituents is 1. The van der Waals surface area contributed by atoms with Crippen molar-refractivity contribution in [3.05, 3.63) is 24.3 Å². The summed E-state index contributed by atoms with van der Waals surface area (Å²) in [5.41, 5.74) is 0. The molecule has 0 aromatic heterocycles. The molecule has 0 radical (unpaired) electrons. The Kier molecular flexibility index (Phi) is 8.72. The summed E-state index contributed by atoms with van der Waals surface area (Å²) in [6.45, 7) is 1.07. The lowest BCUT2D eigenvalue weighted by Gasteiger charge is -2.39. The Labute approximate surface area is 149 Å². The SMILES string of the molecule is CCC(O)C(=O)O.OCC1OC(Oc2ccccc2O)C(O)C(O)C1O. The molecule has 0 saturated carbocycles. The van der Waals surface area contributed by atoms with Gasteiger partial charge < -0.3 is 45.2 Å². The van der Waals surface area contributed by atoms with Crippen molar-refractivity contribution in [3.8, 4) is 11.5 Å². The van der Waals surface area contributed by atoms with Gasteiger partial charge in [0.25, 0.3) is 0 Å². The van der Waals surface area contributed by atoms with E-state index in [-0.39, 0.29) is 17.9 Å². The monoisotopic (exact) mass is 376 g/mol. The number of carbonyl (C=O) groups is 1. The highest BCUT2D eigenvalue weighted by molar-refractivity contribution is 5.71. The fourth-order valence-electron chi connectivity index (χ4n) is 2.02. The van der Waals surface area contributed by atoms with Crippen molar-refractivity contribution in [2.75, 3.05) is 6.61 Å². The second-order valence-electron chi connectivity index (χ2n) is 5.55. The van der Waals surface area contributed by atoms with Crippen LogP contribution in [0.3, 0.4) is 0 Å². The molecule has 1 aromatic carbocycles. The van der Waals surface area contributed by atoms with Gasteiger partial charge in [-0.1, -0.05) is 19.1 Å². The number of hydrogen-bond donors (Lipinski definition) is 7. The molecule has 6 atom stereocenters. The summed E-state index contributed by atoms with van der Waals surface area (Å²) in [5.74, 6) is -1.24. The maximum atomic E-state index is 9.75. The minimum Gasteiger partial charge on any atom is -0.504 e. The molecule has 1 aliphatic rings. The molecule has 10 nitrogen and oxygen atoms in total. The lowest BCUT2D eigenvalue weighted by Crippen LogP contribution is -2.60. The molecule has 1 heterocycles. The number of rotatable bonds is 5. The van der Waals surface area contributed by atoms with Crippen molar-refractivity contribution in [2.24, 2.45) is 0 Å². The number of ether oxygens (including phenoxy) is 2. The van der Waals surface area contributed by atoms with Crippen LogP contribution in [0.15, 0.2) is 24.3 Å². The maximum Gasteiger partial charge on any atom is 0.332 e. The number of carboxylic acid groups (broad SMARTS) is 1. The van der Waals surface area contributed by atoms with E-state index in [0.717, 1.165) is 0 Å². The van der Waals surface area contributed by atoms with E-state index in [1.807, 2.05) is 0 Å². The van der Waals surface area contributed by atoms with Gasteiger partial charge in [-0.25, -0.2) is 4.79 Å². The molecule has 1 saturated heterocycles. The minimum atomic E-state index is -1.51. The van der Waals surface area contributed by atoms with Gasteiger partial charge in [-0.15, -0.1) is 0 Å². The molecule has 148 valence electrons. The van der Waals surface area contributed by atoms with Gasteiger partial charge in [0.15, 0.2) is 17.6 Å². The van der Waals surface area contributed by atoms with Crippen LogP contribution in [0.5, 0.6) is 11.5 Å². The van der Waals surface area contributed by atoms with Crippen LogP contribution in [0.4, 0.5) is 0 Å². The number of carboxylic acids is 1. The number of phenols is 1. The Morgan fingerprint density at radius 1 is 1.19 bits per heavy atom. The van der Waals surface area contributed by atoms with Crippen LogP contribution >= 0.6 is 0 Å². The molecule has 7 N–H and O–H groups in total. The van der Waals surface area contributed by atoms with Crippen LogP contribution in [0.1, 0.15) is 13.3 Å². The van der Waals surface area contributed by atoms with E-state index in [1.165, 1.54) is 12.1 Å². The molecule has 0 aliphatic carbocycles. The number of aliphatic hydroxyl groups is 5. The topological polar surface area (TPSA) is 177 Å². The number of aliphatic hydroxyl groups excluding tert-OH is 5. The largest absolute Gasteiger partial charge is 0.504 e. The Bertz CT molecular complexity index is 564. The van der Waals surface area contributed by atoms with Crippen LogP contribution in [0, 0.1) is 0 Å². The standard InChI is InChI=1S/C12H16O7.C4H8O3/c13-5-8-9(15)10(16)11(17)12(19-8)18-7-4-2-1-3-6(7)14;1-2-3(5)4(6)7/h1-4,8-17H,5H2;3,5H,2H2,1H3,(H,6,7). The van der Waals surface area contributed by atoms with E-state index < -0.39 is 49.4 Å². The molecule has 0 amide bonds. The molecule has 10 heteroatoms. The van der Waals surface area contributed by atoms with E-state index in [1.54, 1.807) is 19.1 Å². The van der Waals surface area contributed by atoms with E-state index >= 15 is 0 Å². The molecule has 0 spiro atoms. The first kappa shape index (κ1) is 22.1. The number of aliphatic carboxylic acids is 1. The Morgan fingerprint density at radius 2 is 1.81 bits per heavy atom. The molecule has 26 heavy (non-hydrogen) atoms. The summed E-state index contributed by atoms with van der Waals surface area (Å²) >= 11 is 0. The molecular weight excluding hydrogens is 352 g/mol. The van der Waals surface area contributed by atoms with E-state index in [2.05, 4.69) is 0 Å². The first-order valence-corrected chi connectivity index (χ1v) is 7.88. The van der Waals surface area contributed by atoms with Crippen molar-refractivity contribution in [2.45, 2.75) is 50.2 Å². The lowest BCUT2D eigenvalue weighted by atomic mass is 9.99. The van der Waals surface area contributed by atoms with Crippen molar-refractivity contribution >= 4 is 5.97 Å². The van der Waals surface area contributed by atoms with E-state index in [9.17, 15) is 25.2 Å². The third-order valence-corrected chi connectivity index (χ3v) is 3.63. The number of para-hydroxylation sites is 2. The third kappa shape index (κ3) is 5.80. The van der Waals surface area contributed by atoms with Crippen LogP contribution < -0.4 is 4.74 Å². The lowest BCUT2D eigenvalue weighted by molar-refractivity contribution is -0.277. The van der Waals surface area contributed by atoms with Gasteiger partial charge in [0.05, 0.1) is 6.61 Å². The summed E-state index contributed by atoms with van der Waals surface area (Å²) in [6, 6.07) is 6.05. The second kappa shape index (κ2) is 10.3. The van der Waals surface area contributed by atoms with Gasteiger partial charge in [-0.3, -0.25) is 0 Å². The molecule has 6 unspecified atom stereocenters. The number of benzene rings is 1. The number of hydrogen-bond acceptors (Lipinski definition) is 9. The molecule has 1 fully saturated rings. The van der Waals surface area contributed by atoms with E-state index in [0.29, 0.717) is 0 Å². The predicted molar refractivity (Wildman–Crippen MR) is 86.4 cm³/mol. The fourth-order valence-corrected chi connectivity index (χ4v) is 2.02. The fraction of sp³-hybridized carbons (Fsp3) is 0.562. The minimum absolute atomic E-state index is 0.0619. The normalized spacial score (nSPS) is 29.2. The Balaban J connectivity index is 0.000000412. The third-order valence-electron chi connectivity index (χ3n) is 3.63. The van der Waals surface area contributed by atoms with Crippen molar-refractivity contribution in [1.82, 2.24) is 0 Å². The Hall–Kier alpha value is -1.95. The van der Waals surface area contributed by atoms with Crippen molar-refractivity contribution < 1.29 is 50.0 Å². The zero-order valence-electron chi connectivity index (χ0n) is 14.0. The molecule has 2 rings (SSSR count). The van der Waals surface area contributed by atoms with Gasteiger partial charge in [-0.05, 0) is 18.6 Å². The molecule has 1 aliphatic heterocycles. The van der Waals surface area contributed by atoms with Crippen molar-refractivity contribution in [3.63, 3.8) is 0 Å².